The molecule has 0 aliphatic rings. The van der Waals surface area contributed by atoms with Gasteiger partial charge in [0.05, 0.1) is 15.9 Å². The fourth-order valence-corrected chi connectivity index (χ4v) is 1.25. The number of nitro groups is 2. The summed E-state index contributed by atoms with van der Waals surface area (Å²) in [5.41, 5.74) is -1.10. The summed E-state index contributed by atoms with van der Waals surface area (Å²) in [7, 11) is 0. The van der Waals surface area contributed by atoms with E-state index in [-0.39, 0.29) is 0 Å². The lowest BCUT2D eigenvalue weighted by Gasteiger charge is -1.95. The molecular formula is C12H19N3O5. The molecule has 2 N–H and O–H groups in total. The summed E-state index contributed by atoms with van der Waals surface area (Å²) >= 11 is 0. The van der Waals surface area contributed by atoms with Crippen molar-refractivity contribution in [3.8, 4) is 5.75 Å². The smallest absolute Gasteiger partial charge is 0.317 e. The van der Waals surface area contributed by atoms with Crippen molar-refractivity contribution in [3.63, 3.8) is 0 Å². The van der Waals surface area contributed by atoms with Crippen LogP contribution in [-0.2, 0) is 0 Å². The maximum absolute atomic E-state index is 10.2. The van der Waals surface area contributed by atoms with Crippen molar-refractivity contribution in [2.45, 2.75) is 26.7 Å². The number of phenols is 1. The molecule has 1 rings (SSSR count). The van der Waals surface area contributed by atoms with E-state index in [1.165, 1.54) is 25.9 Å². The quantitative estimate of drug-likeness (QED) is 0.471. The number of rotatable bonds is 6. The molecule has 0 atom stereocenters. The molecule has 8 heteroatoms. The van der Waals surface area contributed by atoms with Crippen molar-refractivity contribution in [3.05, 3.63) is 38.4 Å². The zero-order valence-electron chi connectivity index (χ0n) is 11.5. The maximum atomic E-state index is 10.2. The maximum Gasteiger partial charge on any atom is 0.317 e. The van der Waals surface area contributed by atoms with E-state index >= 15 is 0 Å². The fourth-order valence-electron chi connectivity index (χ4n) is 1.25. The van der Waals surface area contributed by atoms with Crippen molar-refractivity contribution < 1.29 is 15.0 Å². The van der Waals surface area contributed by atoms with E-state index in [2.05, 4.69) is 19.2 Å². The standard InChI is InChI=1S/C6H4N2O5.C6H15N/c9-6-2-1-4(7(10)11)3-5(6)8(12)13;1-3-5-7-6-4-2/h1-3,9H;7H,3-6H2,1-2H3. The lowest BCUT2D eigenvalue weighted by Crippen LogP contribution is -2.14. The molecule has 0 spiro atoms. The summed E-state index contributed by atoms with van der Waals surface area (Å²) < 4.78 is 0. The first-order valence-electron chi connectivity index (χ1n) is 6.26. The van der Waals surface area contributed by atoms with Gasteiger partial charge in [-0.2, -0.15) is 0 Å². The number of hydrogen-bond acceptors (Lipinski definition) is 6. The Labute approximate surface area is 116 Å². The van der Waals surface area contributed by atoms with Gasteiger partial charge in [-0.25, -0.2) is 0 Å². The van der Waals surface area contributed by atoms with Gasteiger partial charge in [0, 0.05) is 6.07 Å². The Bertz CT molecular complexity index is 447. The zero-order valence-corrected chi connectivity index (χ0v) is 11.5. The number of phenolic OH excluding ortho intramolecular Hbond substituents is 1. The SMILES string of the molecule is CCCNCCC.O=[N+]([O-])c1ccc(O)c([N+](=O)[O-])c1. The predicted molar refractivity (Wildman–Crippen MR) is 74.9 cm³/mol. The van der Waals surface area contributed by atoms with Crippen LogP contribution in [0, 0.1) is 20.2 Å². The second-order valence-corrected chi connectivity index (χ2v) is 3.94. The van der Waals surface area contributed by atoms with Gasteiger partial charge in [0.2, 0.25) is 0 Å². The summed E-state index contributed by atoms with van der Waals surface area (Å²) in [5.74, 6) is -0.587. The molecular weight excluding hydrogens is 266 g/mol. The monoisotopic (exact) mass is 285 g/mol. The Hall–Kier alpha value is -2.22. The molecule has 1 aromatic rings. The van der Waals surface area contributed by atoms with Crippen LogP contribution in [0.4, 0.5) is 11.4 Å². The van der Waals surface area contributed by atoms with Gasteiger partial charge in [0.15, 0.2) is 5.75 Å². The molecule has 1 aromatic carbocycles. The van der Waals surface area contributed by atoms with Crippen LogP contribution in [0.1, 0.15) is 26.7 Å². The normalized spacial score (nSPS) is 9.50. The highest BCUT2D eigenvalue weighted by Crippen LogP contribution is 2.29. The van der Waals surface area contributed by atoms with Crippen LogP contribution in [0.2, 0.25) is 0 Å². The fraction of sp³-hybridized carbons (Fsp3) is 0.500. The zero-order chi connectivity index (χ0) is 15.5. The van der Waals surface area contributed by atoms with E-state index < -0.39 is 27.0 Å². The molecule has 0 aliphatic heterocycles. The Morgan fingerprint density at radius 3 is 2.05 bits per heavy atom. The molecule has 0 saturated carbocycles. The number of nitrogens with one attached hydrogen (secondary N) is 1. The van der Waals surface area contributed by atoms with Crippen molar-refractivity contribution >= 4 is 11.4 Å². The summed E-state index contributed by atoms with van der Waals surface area (Å²) in [6.07, 6.45) is 2.50. The Balaban J connectivity index is 0.000000441. The van der Waals surface area contributed by atoms with Crippen molar-refractivity contribution in [2.24, 2.45) is 0 Å². The van der Waals surface area contributed by atoms with Crippen molar-refractivity contribution in [1.82, 2.24) is 5.32 Å². The summed E-state index contributed by atoms with van der Waals surface area (Å²) in [5, 5.41) is 32.6. The molecule has 0 bridgehead atoms. The molecule has 0 aromatic heterocycles. The van der Waals surface area contributed by atoms with E-state index in [4.69, 9.17) is 5.11 Å². The third-order valence-corrected chi connectivity index (χ3v) is 2.22. The molecule has 0 unspecified atom stereocenters. The second-order valence-electron chi connectivity index (χ2n) is 3.94. The number of nitrogens with zero attached hydrogens (tertiary/aromatic N) is 2. The minimum Gasteiger partial charge on any atom is -0.502 e. The van der Waals surface area contributed by atoms with Crippen molar-refractivity contribution in [1.29, 1.82) is 0 Å². The lowest BCUT2D eigenvalue weighted by atomic mass is 10.2. The van der Waals surface area contributed by atoms with Crippen LogP contribution < -0.4 is 5.32 Å². The molecule has 8 nitrogen and oxygen atoms in total. The van der Waals surface area contributed by atoms with Crippen LogP contribution in [0.25, 0.3) is 0 Å². The van der Waals surface area contributed by atoms with Gasteiger partial charge in [-0.05, 0) is 32.0 Å². The largest absolute Gasteiger partial charge is 0.502 e. The highest BCUT2D eigenvalue weighted by Gasteiger charge is 2.18. The molecule has 0 fully saturated rings. The summed E-state index contributed by atoms with van der Waals surface area (Å²) in [6, 6.07) is 2.61. The molecule has 20 heavy (non-hydrogen) atoms. The number of aromatic hydroxyl groups is 1. The van der Waals surface area contributed by atoms with Crippen LogP contribution in [-0.4, -0.2) is 28.0 Å². The van der Waals surface area contributed by atoms with Crippen molar-refractivity contribution in [2.75, 3.05) is 13.1 Å². The van der Waals surface area contributed by atoms with Gasteiger partial charge in [-0.3, -0.25) is 20.2 Å². The molecule has 0 radical (unpaired) electrons. The number of hydrogen-bond donors (Lipinski definition) is 2. The van der Waals surface area contributed by atoms with E-state index in [9.17, 15) is 20.2 Å². The summed E-state index contributed by atoms with van der Waals surface area (Å²) in [6.45, 7) is 6.72. The first kappa shape index (κ1) is 17.8. The molecule has 0 amide bonds. The van der Waals surface area contributed by atoms with Crippen LogP contribution >= 0.6 is 0 Å². The topological polar surface area (TPSA) is 119 Å². The highest BCUT2D eigenvalue weighted by atomic mass is 16.6. The summed E-state index contributed by atoms with van der Waals surface area (Å²) in [4.78, 5) is 18.7. The van der Waals surface area contributed by atoms with Gasteiger partial charge in [0.25, 0.3) is 5.69 Å². The lowest BCUT2D eigenvalue weighted by molar-refractivity contribution is -0.394. The minimum atomic E-state index is -0.887. The van der Waals surface area contributed by atoms with E-state index in [1.54, 1.807) is 0 Å². The van der Waals surface area contributed by atoms with Crippen LogP contribution in [0.3, 0.4) is 0 Å². The Morgan fingerprint density at radius 1 is 1.10 bits per heavy atom. The predicted octanol–water partition coefficient (Wildman–Crippen LogP) is 2.60. The number of non-ortho nitro benzene ring substituents is 1. The first-order chi connectivity index (χ1) is 9.43. The first-order valence-corrected chi connectivity index (χ1v) is 6.26. The minimum absolute atomic E-state index is 0.426. The van der Waals surface area contributed by atoms with E-state index in [1.807, 2.05) is 0 Å². The van der Waals surface area contributed by atoms with Gasteiger partial charge < -0.3 is 10.4 Å². The van der Waals surface area contributed by atoms with E-state index in [0.717, 1.165) is 12.1 Å². The van der Waals surface area contributed by atoms with Crippen LogP contribution in [0.15, 0.2) is 18.2 Å². The average molecular weight is 285 g/mol. The van der Waals surface area contributed by atoms with Gasteiger partial charge in [-0.15, -0.1) is 0 Å². The molecule has 0 heterocycles. The van der Waals surface area contributed by atoms with Gasteiger partial charge in [-0.1, -0.05) is 13.8 Å². The molecule has 0 aliphatic carbocycles. The third-order valence-electron chi connectivity index (χ3n) is 2.22. The van der Waals surface area contributed by atoms with E-state index in [0.29, 0.717) is 6.07 Å². The van der Waals surface area contributed by atoms with Crippen LogP contribution in [0.5, 0.6) is 5.75 Å². The highest BCUT2D eigenvalue weighted by molar-refractivity contribution is 5.52. The number of nitro benzene ring substituents is 2. The third kappa shape index (κ3) is 6.64. The number of benzene rings is 1. The average Bonchev–Trinajstić information content (AvgIpc) is 2.40. The molecule has 0 saturated heterocycles. The Kier molecular flexibility index (Phi) is 8.60. The van der Waals surface area contributed by atoms with Gasteiger partial charge >= 0.3 is 5.69 Å². The second kappa shape index (κ2) is 9.68. The van der Waals surface area contributed by atoms with Gasteiger partial charge in [0.1, 0.15) is 0 Å². The Morgan fingerprint density at radius 2 is 1.65 bits per heavy atom. The molecule has 112 valence electrons.